The SMILES string of the molecule is NNC(c1cccc(OC(F)F)c1)c1c(F)cccc1F. The molecule has 3 nitrogen and oxygen atoms in total. The van der Waals surface area contributed by atoms with Crippen LogP contribution in [0.15, 0.2) is 42.5 Å². The van der Waals surface area contributed by atoms with Gasteiger partial charge in [-0.15, -0.1) is 0 Å². The van der Waals surface area contributed by atoms with Crippen LogP contribution in [-0.4, -0.2) is 6.61 Å². The molecule has 2 aromatic carbocycles. The average molecular weight is 300 g/mol. The van der Waals surface area contributed by atoms with Crippen LogP contribution in [-0.2, 0) is 0 Å². The number of nitrogens with two attached hydrogens (primary N) is 1. The smallest absolute Gasteiger partial charge is 0.387 e. The summed E-state index contributed by atoms with van der Waals surface area (Å²) in [5, 5.41) is 0. The second kappa shape index (κ2) is 6.55. The summed E-state index contributed by atoms with van der Waals surface area (Å²) >= 11 is 0. The van der Waals surface area contributed by atoms with Gasteiger partial charge in [-0.05, 0) is 29.8 Å². The maximum absolute atomic E-state index is 13.8. The molecule has 0 saturated carbocycles. The summed E-state index contributed by atoms with van der Waals surface area (Å²) in [4.78, 5) is 0. The first-order valence-electron chi connectivity index (χ1n) is 5.97. The molecule has 0 heterocycles. The lowest BCUT2D eigenvalue weighted by Gasteiger charge is -2.19. The van der Waals surface area contributed by atoms with Crippen molar-refractivity contribution in [2.45, 2.75) is 12.7 Å². The molecule has 0 aliphatic heterocycles. The van der Waals surface area contributed by atoms with Crippen LogP contribution in [0.25, 0.3) is 0 Å². The van der Waals surface area contributed by atoms with Crippen LogP contribution in [0.1, 0.15) is 17.2 Å². The number of hydrogen-bond acceptors (Lipinski definition) is 3. The molecule has 0 radical (unpaired) electrons. The first kappa shape index (κ1) is 15.3. The van der Waals surface area contributed by atoms with Crippen LogP contribution in [0, 0.1) is 11.6 Å². The molecule has 0 fully saturated rings. The van der Waals surface area contributed by atoms with Crippen LogP contribution in [0.2, 0.25) is 0 Å². The lowest BCUT2D eigenvalue weighted by atomic mass is 9.98. The van der Waals surface area contributed by atoms with E-state index in [4.69, 9.17) is 5.84 Å². The minimum Gasteiger partial charge on any atom is -0.435 e. The highest BCUT2D eigenvalue weighted by Gasteiger charge is 2.21. The molecule has 2 aromatic rings. The molecule has 1 atom stereocenters. The average Bonchev–Trinajstić information content (AvgIpc) is 2.42. The zero-order valence-electron chi connectivity index (χ0n) is 10.7. The predicted molar refractivity (Wildman–Crippen MR) is 68.6 cm³/mol. The summed E-state index contributed by atoms with van der Waals surface area (Å²) < 4.78 is 56.3. The monoisotopic (exact) mass is 300 g/mol. The van der Waals surface area contributed by atoms with Crippen molar-refractivity contribution in [2.24, 2.45) is 5.84 Å². The Kier molecular flexibility index (Phi) is 4.77. The Balaban J connectivity index is 2.42. The molecule has 0 aliphatic carbocycles. The third-order valence-electron chi connectivity index (χ3n) is 2.87. The van der Waals surface area contributed by atoms with Crippen molar-refractivity contribution >= 4 is 0 Å². The molecule has 0 bridgehead atoms. The maximum Gasteiger partial charge on any atom is 0.387 e. The Morgan fingerprint density at radius 3 is 2.19 bits per heavy atom. The van der Waals surface area contributed by atoms with Gasteiger partial charge in [0.15, 0.2) is 0 Å². The van der Waals surface area contributed by atoms with E-state index in [9.17, 15) is 17.6 Å². The lowest BCUT2D eigenvalue weighted by molar-refractivity contribution is -0.0498. The van der Waals surface area contributed by atoms with Crippen LogP contribution < -0.4 is 16.0 Å². The summed E-state index contributed by atoms with van der Waals surface area (Å²) in [6, 6.07) is 7.82. The number of alkyl halides is 2. The first-order valence-corrected chi connectivity index (χ1v) is 5.97. The molecule has 0 spiro atoms. The quantitative estimate of drug-likeness (QED) is 0.507. The summed E-state index contributed by atoms with van der Waals surface area (Å²) in [5.41, 5.74) is 2.27. The van der Waals surface area contributed by atoms with Gasteiger partial charge in [0.1, 0.15) is 17.4 Å². The molecule has 0 aliphatic rings. The second-order valence-electron chi connectivity index (χ2n) is 4.19. The van der Waals surface area contributed by atoms with E-state index in [2.05, 4.69) is 10.2 Å². The number of rotatable bonds is 5. The van der Waals surface area contributed by atoms with E-state index >= 15 is 0 Å². The van der Waals surface area contributed by atoms with Crippen molar-refractivity contribution in [3.8, 4) is 5.75 Å². The summed E-state index contributed by atoms with van der Waals surface area (Å²) in [5.74, 6) is 3.64. The fourth-order valence-corrected chi connectivity index (χ4v) is 2.00. The zero-order valence-corrected chi connectivity index (χ0v) is 10.7. The topological polar surface area (TPSA) is 47.3 Å². The largest absolute Gasteiger partial charge is 0.435 e. The maximum atomic E-state index is 13.8. The number of nitrogens with one attached hydrogen (secondary N) is 1. The minimum absolute atomic E-state index is 0.125. The number of halogens is 4. The van der Waals surface area contributed by atoms with Crippen molar-refractivity contribution in [1.29, 1.82) is 0 Å². The van der Waals surface area contributed by atoms with Crippen LogP contribution >= 0.6 is 0 Å². The van der Waals surface area contributed by atoms with E-state index in [1.807, 2.05) is 0 Å². The van der Waals surface area contributed by atoms with Crippen LogP contribution in [0.5, 0.6) is 5.75 Å². The van der Waals surface area contributed by atoms with Gasteiger partial charge in [-0.3, -0.25) is 5.84 Å². The molecule has 0 aromatic heterocycles. The van der Waals surface area contributed by atoms with Gasteiger partial charge in [0, 0.05) is 5.56 Å². The molecule has 112 valence electrons. The van der Waals surface area contributed by atoms with Gasteiger partial charge in [-0.25, -0.2) is 14.2 Å². The lowest BCUT2D eigenvalue weighted by Crippen LogP contribution is -2.30. The van der Waals surface area contributed by atoms with E-state index in [0.717, 1.165) is 12.1 Å². The molecule has 7 heteroatoms. The third-order valence-corrected chi connectivity index (χ3v) is 2.87. The number of hydrogen-bond donors (Lipinski definition) is 2. The number of ether oxygens (including phenoxy) is 1. The third kappa shape index (κ3) is 3.50. The molecule has 0 amide bonds. The van der Waals surface area contributed by atoms with Gasteiger partial charge in [0.05, 0.1) is 6.04 Å². The first-order chi connectivity index (χ1) is 10.0. The van der Waals surface area contributed by atoms with Crippen molar-refractivity contribution in [2.75, 3.05) is 0 Å². The van der Waals surface area contributed by atoms with E-state index < -0.39 is 24.3 Å². The van der Waals surface area contributed by atoms with E-state index in [1.165, 1.54) is 30.3 Å². The predicted octanol–water partition coefficient (Wildman–Crippen LogP) is 3.12. The standard InChI is InChI=1S/C14H12F4N2O/c15-10-5-2-6-11(16)12(10)13(20-19)8-3-1-4-9(7-8)21-14(17)18/h1-7,13-14,20H,19H2. The highest BCUT2D eigenvalue weighted by molar-refractivity contribution is 5.37. The van der Waals surface area contributed by atoms with Gasteiger partial charge in [0.25, 0.3) is 0 Å². The van der Waals surface area contributed by atoms with E-state index in [0.29, 0.717) is 5.56 Å². The molecule has 3 N–H and O–H groups in total. The van der Waals surface area contributed by atoms with Crippen LogP contribution in [0.3, 0.4) is 0 Å². The van der Waals surface area contributed by atoms with Crippen molar-refractivity contribution < 1.29 is 22.3 Å². The Morgan fingerprint density at radius 1 is 1.00 bits per heavy atom. The van der Waals surface area contributed by atoms with E-state index in [-0.39, 0.29) is 11.3 Å². The molecule has 2 rings (SSSR count). The Hall–Kier alpha value is -2.12. The number of hydrazine groups is 1. The number of benzene rings is 2. The summed E-state index contributed by atoms with van der Waals surface area (Å²) in [6.07, 6.45) is 0. The highest BCUT2D eigenvalue weighted by Crippen LogP contribution is 2.28. The fourth-order valence-electron chi connectivity index (χ4n) is 2.00. The normalized spacial score (nSPS) is 12.5. The van der Waals surface area contributed by atoms with Gasteiger partial charge in [0.2, 0.25) is 0 Å². The van der Waals surface area contributed by atoms with Gasteiger partial charge < -0.3 is 4.74 Å². The van der Waals surface area contributed by atoms with Crippen LogP contribution in [0.4, 0.5) is 17.6 Å². The molecule has 0 saturated heterocycles. The zero-order chi connectivity index (χ0) is 15.4. The van der Waals surface area contributed by atoms with Crippen molar-refractivity contribution in [3.63, 3.8) is 0 Å². The van der Waals surface area contributed by atoms with Gasteiger partial charge >= 0.3 is 6.61 Å². The van der Waals surface area contributed by atoms with Crippen molar-refractivity contribution in [1.82, 2.24) is 5.43 Å². The van der Waals surface area contributed by atoms with Gasteiger partial charge in [-0.2, -0.15) is 8.78 Å². The Morgan fingerprint density at radius 2 is 1.62 bits per heavy atom. The molecule has 1 unspecified atom stereocenters. The highest BCUT2D eigenvalue weighted by atomic mass is 19.3. The minimum atomic E-state index is -2.99. The summed E-state index contributed by atoms with van der Waals surface area (Å²) in [6.45, 7) is -2.99. The Bertz CT molecular complexity index is 601. The van der Waals surface area contributed by atoms with Gasteiger partial charge in [-0.1, -0.05) is 18.2 Å². The second-order valence-corrected chi connectivity index (χ2v) is 4.19. The van der Waals surface area contributed by atoms with Crippen molar-refractivity contribution in [3.05, 3.63) is 65.2 Å². The molecular formula is C14H12F4N2O. The molecule has 21 heavy (non-hydrogen) atoms. The van der Waals surface area contributed by atoms with E-state index in [1.54, 1.807) is 0 Å². The summed E-state index contributed by atoms with van der Waals surface area (Å²) in [7, 11) is 0. The molecular weight excluding hydrogens is 288 g/mol. The fraction of sp³-hybridized carbons (Fsp3) is 0.143. The Labute approximate surface area is 118 Å².